The molecular formula is C12H21F3N2O3. The number of amides is 1. The zero-order valence-electron chi connectivity index (χ0n) is 11.5. The van der Waals surface area contributed by atoms with Crippen LogP contribution in [0.5, 0.6) is 0 Å². The molecule has 1 aliphatic heterocycles. The third kappa shape index (κ3) is 6.53. The molecule has 1 heterocycles. The number of hydrogen-bond acceptors (Lipinski definition) is 4. The Morgan fingerprint density at radius 2 is 1.90 bits per heavy atom. The first-order chi connectivity index (χ1) is 9.31. The van der Waals surface area contributed by atoms with Crippen molar-refractivity contribution in [1.82, 2.24) is 9.80 Å². The van der Waals surface area contributed by atoms with Crippen molar-refractivity contribution >= 4 is 5.91 Å². The number of rotatable bonds is 6. The second kappa shape index (κ2) is 7.80. The molecule has 0 aromatic carbocycles. The van der Waals surface area contributed by atoms with Crippen molar-refractivity contribution in [1.29, 1.82) is 0 Å². The van der Waals surface area contributed by atoms with Crippen LogP contribution in [0.25, 0.3) is 0 Å². The monoisotopic (exact) mass is 298 g/mol. The fourth-order valence-corrected chi connectivity index (χ4v) is 1.95. The van der Waals surface area contributed by atoms with Crippen LogP contribution in [0.2, 0.25) is 0 Å². The number of aliphatic hydroxyl groups is 1. The third-order valence-electron chi connectivity index (χ3n) is 3.16. The van der Waals surface area contributed by atoms with E-state index in [0.29, 0.717) is 39.1 Å². The standard InChI is InChI=1S/C12H21F3N2O3/c1-2-10(18)7-16-3-5-17(6-4-16)11(19)8-20-9-12(13,14)15/h10,18H,2-9H2,1H3/t10-/m0/s1. The van der Waals surface area contributed by atoms with Crippen LogP contribution in [-0.2, 0) is 9.53 Å². The molecule has 0 aliphatic carbocycles. The Morgan fingerprint density at radius 1 is 1.30 bits per heavy atom. The SMILES string of the molecule is CC[C@H](O)CN1CCN(C(=O)COCC(F)(F)F)CC1. The van der Waals surface area contributed by atoms with Crippen LogP contribution in [0, 0.1) is 0 Å². The van der Waals surface area contributed by atoms with E-state index in [9.17, 15) is 23.1 Å². The van der Waals surface area contributed by atoms with E-state index in [2.05, 4.69) is 4.74 Å². The molecule has 0 aromatic rings. The zero-order chi connectivity index (χ0) is 15.2. The zero-order valence-corrected chi connectivity index (χ0v) is 11.5. The molecule has 0 saturated carbocycles. The van der Waals surface area contributed by atoms with E-state index in [1.165, 1.54) is 4.90 Å². The predicted octanol–water partition coefficient (Wildman–Crippen LogP) is 0.480. The maximum absolute atomic E-state index is 11.9. The molecule has 1 atom stereocenters. The molecular weight excluding hydrogens is 277 g/mol. The van der Waals surface area contributed by atoms with Crippen molar-refractivity contribution < 1.29 is 27.8 Å². The van der Waals surface area contributed by atoms with Gasteiger partial charge in [0.25, 0.3) is 0 Å². The van der Waals surface area contributed by atoms with E-state index in [1.54, 1.807) is 0 Å². The maximum Gasteiger partial charge on any atom is 0.411 e. The molecule has 1 rings (SSSR count). The highest BCUT2D eigenvalue weighted by Gasteiger charge is 2.29. The first-order valence-electron chi connectivity index (χ1n) is 6.64. The van der Waals surface area contributed by atoms with E-state index in [0.717, 1.165) is 0 Å². The van der Waals surface area contributed by atoms with Gasteiger partial charge >= 0.3 is 6.18 Å². The molecule has 118 valence electrons. The van der Waals surface area contributed by atoms with E-state index in [-0.39, 0.29) is 6.10 Å². The number of carbonyl (C=O) groups is 1. The van der Waals surface area contributed by atoms with Crippen molar-refractivity contribution in [3.05, 3.63) is 0 Å². The summed E-state index contributed by atoms with van der Waals surface area (Å²) in [5.41, 5.74) is 0. The maximum atomic E-state index is 11.9. The van der Waals surface area contributed by atoms with Crippen molar-refractivity contribution in [2.24, 2.45) is 0 Å². The molecule has 8 heteroatoms. The van der Waals surface area contributed by atoms with Crippen LogP contribution in [-0.4, -0.2) is 79.0 Å². The van der Waals surface area contributed by atoms with Gasteiger partial charge in [-0.15, -0.1) is 0 Å². The summed E-state index contributed by atoms with van der Waals surface area (Å²) in [7, 11) is 0. The van der Waals surface area contributed by atoms with Gasteiger partial charge in [-0.1, -0.05) is 6.92 Å². The summed E-state index contributed by atoms with van der Waals surface area (Å²) >= 11 is 0. The van der Waals surface area contributed by atoms with Crippen molar-refractivity contribution in [3.63, 3.8) is 0 Å². The first kappa shape index (κ1) is 17.2. The van der Waals surface area contributed by atoms with Crippen molar-refractivity contribution in [2.45, 2.75) is 25.6 Å². The van der Waals surface area contributed by atoms with Gasteiger partial charge in [0.1, 0.15) is 13.2 Å². The summed E-state index contributed by atoms with van der Waals surface area (Å²) in [5.74, 6) is -0.426. The molecule has 0 spiro atoms. The van der Waals surface area contributed by atoms with Gasteiger partial charge in [0.2, 0.25) is 5.91 Å². The molecule has 0 radical (unpaired) electrons. The van der Waals surface area contributed by atoms with Gasteiger partial charge in [0, 0.05) is 32.7 Å². The molecule has 1 saturated heterocycles. The first-order valence-corrected chi connectivity index (χ1v) is 6.64. The predicted molar refractivity (Wildman–Crippen MR) is 66.2 cm³/mol. The van der Waals surface area contributed by atoms with Gasteiger partial charge in [-0.2, -0.15) is 13.2 Å². The minimum atomic E-state index is -4.41. The van der Waals surface area contributed by atoms with Crippen LogP contribution in [0.1, 0.15) is 13.3 Å². The van der Waals surface area contributed by atoms with Crippen LogP contribution >= 0.6 is 0 Å². The fraction of sp³-hybridized carbons (Fsp3) is 0.917. The smallest absolute Gasteiger partial charge is 0.392 e. The summed E-state index contributed by atoms with van der Waals surface area (Å²) < 4.78 is 40.0. The Bertz CT molecular complexity index is 305. The number of halogens is 3. The van der Waals surface area contributed by atoms with Crippen molar-refractivity contribution in [2.75, 3.05) is 45.9 Å². The molecule has 5 nitrogen and oxygen atoms in total. The number of piperazine rings is 1. The number of alkyl halides is 3. The summed E-state index contributed by atoms with van der Waals surface area (Å²) in [4.78, 5) is 15.2. The van der Waals surface area contributed by atoms with E-state index < -0.39 is 25.3 Å². The molecule has 0 bridgehead atoms. The van der Waals surface area contributed by atoms with Crippen LogP contribution in [0.3, 0.4) is 0 Å². The van der Waals surface area contributed by atoms with E-state index >= 15 is 0 Å². The Morgan fingerprint density at radius 3 is 2.40 bits per heavy atom. The van der Waals surface area contributed by atoms with E-state index in [1.807, 2.05) is 11.8 Å². The average molecular weight is 298 g/mol. The van der Waals surface area contributed by atoms with Gasteiger partial charge in [-0.3, -0.25) is 9.69 Å². The highest BCUT2D eigenvalue weighted by atomic mass is 19.4. The quantitative estimate of drug-likeness (QED) is 0.775. The Balaban J connectivity index is 2.22. The lowest BCUT2D eigenvalue weighted by Crippen LogP contribution is -2.51. The molecule has 1 aliphatic rings. The summed E-state index contributed by atoms with van der Waals surface area (Å²) in [6, 6.07) is 0. The van der Waals surface area contributed by atoms with E-state index in [4.69, 9.17) is 0 Å². The Kier molecular flexibility index (Phi) is 6.70. The minimum absolute atomic E-state index is 0.382. The normalized spacial score (nSPS) is 19.1. The summed E-state index contributed by atoms with van der Waals surface area (Å²) in [5, 5.41) is 9.53. The molecule has 0 unspecified atom stereocenters. The third-order valence-corrected chi connectivity index (χ3v) is 3.16. The second-order valence-electron chi connectivity index (χ2n) is 4.85. The Hall–Kier alpha value is -0.860. The number of ether oxygens (including phenoxy) is 1. The average Bonchev–Trinajstić information content (AvgIpc) is 2.37. The number of hydrogen-bond donors (Lipinski definition) is 1. The Labute approximate surface area is 116 Å². The highest BCUT2D eigenvalue weighted by molar-refractivity contribution is 5.77. The number of nitrogens with zero attached hydrogens (tertiary/aromatic N) is 2. The highest BCUT2D eigenvalue weighted by Crippen LogP contribution is 2.14. The molecule has 0 aromatic heterocycles. The lowest BCUT2D eigenvalue weighted by atomic mass is 10.2. The number of carbonyl (C=O) groups excluding carboxylic acids is 1. The molecule has 20 heavy (non-hydrogen) atoms. The number of β-amino-alcohol motifs (C(OH)–C–C–N with tert-alkyl or cyclic N) is 1. The van der Waals surface area contributed by atoms with Gasteiger partial charge in [0.05, 0.1) is 6.10 Å². The molecule has 1 fully saturated rings. The van der Waals surface area contributed by atoms with Gasteiger partial charge in [-0.25, -0.2) is 0 Å². The van der Waals surface area contributed by atoms with Crippen LogP contribution in [0.4, 0.5) is 13.2 Å². The second-order valence-corrected chi connectivity index (χ2v) is 4.85. The van der Waals surface area contributed by atoms with Crippen LogP contribution in [0.15, 0.2) is 0 Å². The minimum Gasteiger partial charge on any atom is -0.392 e. The summed E-state index contributed by atoms with van der Waals surface area (Å²) in [6.07, 6.45) is -4.12. The topological polar surface area (TPSA) is 53.0 Å². The largest absolute Gasteiger partial charge is 0.411 e. The van der Waals surface area contributed by atoms with Gasteiger partial charge < -0.3 is 14.7 Å². The molecule has 1 N–H and O–H groups in total. The molecule has 1 amide bonds. The lowest BCUT2D eigenvalue weighted by Gasteiger charge is -2.35. The van der Waals surface area contributed by atoms with Gasteiger partial charge in [-0.05, 0) is 6.42 Å². The lowest BCUT2D eigenvalue weighted by molar-refractivity contribution is -0.178. The van der Waals surface area contributed by atoms with Gasteiger partial charge in [0.15, 0.2) is 0 Å². The fourth-order valence-electron chi connectivity index (χ4n) is 1.95. The van der Waals surface area contributed by atoms with Crippen LogP contribution < -0.4 is 0 Å². The number of aliphatic hydroxyl groups excluding tert-OH is 1. The summed E-state index contributed by atoms with van der Waals surface area (Å²) in [6.45, 7) is 2.63. The van der Waals surface area contributed by atoms with Crippen molar-refractivity contribution in [3.8, 4) is 0 Å².